The summed E-state index contributed by atoms with van der Waals surface area (Å²) in [5.74, 6) is -3.36. The normalized spacial score (nSPS) is 18.5. The van der Waals surface area contributed by atoms with E-state index in [-0.39, 0.29) is 17.0 Å². The standard InChI is InChI=1S/C24H22N4O5S/c1-27(2)34(32,33)19-9-7-17(8-10-19)22(29)20-21(18-6-4-12-26-14-18)28(24(31)23(20)30)15-16-5-3-11-25-13-16/h3-14,20-21H,15H2,1-2H3/p+1. The molecule has 3 aromatic rings. The molecule has 0 bridgehead atoms. The number of amides is 1. The van der Waals surface area contributed by atoms with Crippen LogP contribution in [0.25, 0.3) is 0 Å². The van der Waals surface area contributed by atoms with E-state index in [9.17, 15) is 22.8 Å². The molecule has 34 heavy (non-hydrogen) atoms. The second kappa shape index (κ2) is 9.24. The number of nitrogens with one attached hydrogen (secondary N) is 1. The molecule has 2 unspecified atom stereocenters. The van der Waals surface area contributed by atoms with E-state index in [1.165, 1.54) is 43.3 Å². The van der Waals surface area contributed by atoms with Crippen molar-refractivity contribution in [3.05, 3.63) is 90.0 Å². The first kappa shape index (κ1) is 23.4. The number of ketones is 2. The summed E-state index contributed by atoms with van der Waals surface area (Å²) in [6, 6.07) is 11.6. The van der Waals surface area contributed by atoms with Gasteiger partial charge < -0.3 is 4.90 Å². The van der Waals surface area contributed by atoms with Crippen LogP contribution in [0.2, 0.25) is 0 Å². The number of carbonyl (C=O) groups is 3. The lowest BCUT2D eigenvalue weighted by Crippen LogP contribution is -2.31. The van der Waals surface area contributed by atoms with Gasteiger partial charge in [0.15, 0.2) is 18.2 Å². The van der Waals surface area contributed by atoms with E-state index in [1.54, 1.807) is 49.1 Å². The van der Waals surface area contributed by atoms with Crippen molar-refractivity contribution in [2.45, 2.75) is 17.5 Å². The van der Waals surface area contributed by atoms with Gasteiger partial charge >= 0.3 is 0 Å². The highest BCUT2D eigenvalue weighted by Gasteiger charge is 2.52. The Balaban J connectivity index is 1.72. The number of nitrogens with zero attached hydrogens (tertiary/aromatic N) is 3. The number of aromatic amines is 1. The summed E-state index contributed by atoms with van der Waals surface area (Å²) >= 11 is 0. The quantitative estimate of drug-likeness (QED) is 0.286. The Labute approximate surface area is 197 Å². The molecule has 0 saturated carbocycles. The average molecular weight is 480 g/mol. The van der Waals surface area contributed by atoms with Crippen molar-refractivity contribution >= 4 is 27.5 Å². The van der Waals surface area contributed by atoms with Gasteiger partial charge in [-0.2, -0.15) is 0 Å². The van der Waals surface area contributed by atoms with Gasteiger partial charge in [0, 0.05) is 50.2 Å². The minimum Gasteiger partial charge on any atom is -0.323 e. The van der Waals surface area contributed by atoms with E-state index in [4.69, 9.17) is 0 Å². The van der Waals surface area contributed by atoms with Gasteiger partial charge in [0.1, 0.15) is 5.92 Å². The van der Waals surface area contributed by atoms with Crippen molar-refractivity contribution in [2.75, 3.05) is 14.1 Å². The molecule has 3 heterocycles. The predicted octanol–water partition coefficient (Wildman–Crippen LogP) is 1.30. The van der Waals surface area contributed by atoms with Crippen molar-refractivity contribution in [3.63, 3.8) is 0 Å². The third-order valence-corrected chi connectivity index (χ3v) is 7.58. The average Bonchev–Trinajstić information content (AvgIpc) is 3.09. The molecular weight excluding hydrogens is 456 g/mol. The highest BCUT2D eigenvalue weighted by atomic mass is 32.2. The minimum absolute atomic E-state index is 0.0234. The molecule has 1 aromatic carbocycles. The van der Waals surface area contributed by atoms with E-state index in [0.717, 1.165) is 9.87 Å². The number of hydrogen-bond donors (Lipinski definition) is 0. The molecule has 1 fully saturated rings. The zero-order chi connectivity index (χ0) is 24.5. The summed E-state index contributed by atoms with van der Waals surface area (Å²) in [4.78, 5) is 48.0. The lowest BCUT2D eigenvalue weighted by Gasteiger charge is -2.26. The van der Waals surface area contributed by atoms with Crippen LogP contribution in [-0.4, -0.2) is 54.2 Å². The molecule has 10 heteroatoms. The molecule has 9 nitrogen and oxygen atoms in total. The Morgan fingerprint density at radius 1 is 1.09 bits per heavy atom. The molecule has 174 valence electrons. The van der Waals surface area contributed by atoms with Crippen LogP contribution in [0, 0.1) is 5.92 Å². The molecule has 1 aliphatic rings. The van der Waals surface area contributed by atoms with Crippen molar-refractivity contribution in [1.29, 1.82) is 0 Å². The summed E-state index contributed by atoms with van der Waals surface area (Å²) in [6.07, 6.45) is 6.55. The topological polar surface area (TPSA) is 119 Å². The van der Waals surface area contributed by atoms with E-state index in [2.05, 4.69) is 9.97 Å². The molecule has 4 rings (SSSR count). The van der Waals surface area contributed by atoms with Crippen LogP contribution < -0.4 is 4.98 Å². The number of sulfonamides is 1. The molecule has 0 radical (unpaired) electrons. The largest absolute Gasteiger partial charge is 0.323 e. The van der Waals surface area contributed by atoms with Gasteiger partial charge in [0.2, 0.25) is 15.8 Å². The zero-order valence-electron chi connectivity index (χ0n) is 18.6. The van der Waals surface area contributed by atoms with Gasteiger partial charge in [-0.1, -0.05) is 18.2 Å². The molecule has 2 atom stereocenters. The fourth-order valence-electron chi connectivity index (χ4n) is 3.99. The molecule has 1 N–H and O–H groups in total. The monoisotopic (exact) mass is 479 g/mol. The smallest absolute Gasteiger partial charge is 0.291 e. The first-order valence-corrected chi connectivity index (χ1v) is 11.9. The Bertz CT molecular complexity index is 1330. The Kier molecular flexibility index (Phi) is 6.36. The maximum absolute atomic E-state index is 13.5. The maximum Gasteiger partial charge on any atom is 0.291 e. The van der Waals surface area contributed by atoms with Gasteiger partial charge in [0.05, 0.1) is 10.9 Å². The molecule has 1 amide bonds. The van der Waals surface area contributed by atoms with E-state index in [0.29, 0.717) is 5.56 Å². The highest BCUT2D eigenvalue weighted by molar-refractivity contribution is 7.89. The van der Waals surface area contributed by atoms with Crippen LogP contribution >= 0.6 is 0 Å². The molecule has 0 spiro atoms. The number of likely N-dealkylation sites (tertiary alicyclic amines) is 1. The lowest BCUT2D eigenvalue weighted by atomic mass is 9.87. The third-order valence-electron chi connectivity index (χ3n) is 5.75. The summed E-state index contributed by atoms with van der Waals surface area (Å²) in [5.41, 5.74) is 1.48. The van der Waals surface area contributed by atoms with Gasteiger partial charge in [-0.3, -0.25) is 19.4 Å². The summed E-state index contributed by atoms with van der Waals surface area (Å²) < 4.78 is 25.8. The summed E-state index contributed by atoms with van der Waals surface area (Å²) in [6.45, 7) is 0.113. The SMILES string of the molecule is CN(C)S(=O)(=O)c1ccc(C(=O)C2C(=O)C(=O)N(Cc3cccnc3)C2c2ccc[nH+]c2)cc1. The minimum atomic E-state index is -3.67. The number of pyridine rings is 2. The molecule has 0 aliphatic carbocycles. The first-order chi connectivity index (χ1) is 16.2. The molecule has 2 aromatic heterocycles. The van der Waals surface area contributed by atoms with Crippen molar-refractivity contribution in [2.24, 2.45) is 5.92 Å². The lowest BCUT2D eigenvalue weighted by molar-refractivity contribution is -0.379. The van der Waals surface area contributed by atoms with Gasteiger partial charge in [-0.15, -0.1) is 0 Å². The Morgan fingerprint density at radius 3 is 2.41 bits per heavy atom. The van der Waals surface area contributed by atoms with E-state index in [1.807, 2.05) is 0 Å². The molecule has 1 saturated heterocycles. The van der Waals surface area contributed by atoms with Crippen LogP contribution in [0.3, 0.4) is 0 Å². The Morgan fingerprint density at radius 2 is 1.82 bits per heavy atom. The van der Waals surface area contributed by atoms with Gasteiger partial charge in [-0.05, 0) is 29.8 Å². The fourth-order valence-corrected chi connectivity index (χ4v) is 4.89. The second-order valence-corrected chi connectivity index (χ2v) is 10.2. The second-order valence-electron chi connectivity index (χ2n) is 8.09. The van der Waals surface area contributed by atoms with Crippen LogP contribution in [0.1, 0.15) is 27.5 Å². The highest BCUT2D eigenvalue weighted by Crippen LogP contribution is 2.38. The van der Waals surface area contributed by atoms with E-state index < -0.39 is 39.5 Å². The number of carbonyl (C=O) groups excluding carboxylic acids is 3. The number of hydrogen-bond acceptors (Lipinski definition) is 6. The molecular formula is C24H23N4O5S+. The Hall–Kier alpha value is -3.76. The molecule has 1 aliphatic heterocycles. The number of H-pyrrole nitrogens is 1. The van der Waals surface area contributed by atoms with Crippen molar-refractivity contribution in [3.8, 4) is 0 Å². The van der Waals surface area contributed by atoms with Crippen LogP contribution in [-0.2, 0) is 26.2 Å². The van der Waals surface area contributed by atoms with E-state index >= 15 is 0 Å². The van der Waals surface area contributed by atoms with Crippen molar-refractivity contribution in [1.82, 2.24) is 14.2 Å². The number of aromatic nitrogens is 2. The van der Waals surface area contributed by atoms with Crippen molar-refractivity contribution < 1.29 is 27.8 Å². The van der Waals surface area contributed by atoms with Crippen LogP contribution in [0.4, 0.5) is 0 Å². The number of rotatable bonds is 7. The fraction of sp³-hybridized carbons (Fsp3) is 0.208. The number of benzene rings is 1. The first-order valence-electron chi connectivity index (χ1n) is 10.5. The number of Topliss-reactive ketones (excluding diaryl/α,β-unsaturated/α-hetero) is 2. The van der Waals surface area contributed by atoms with Crippen LogP contribution in [0.5, 0.6) is 0 Å². The van der Waals surface area contributed by atoms with Gasteiger partial charge in [-0.25, -0.2) is 17.7 Å². The predicted molar refractivity (Wildman–Crippen MR) is 121 cm³/mol. The van der Waals surface area contributed by atoms with Gasteiger partial charge in [0.25, 0.3) is 5.91 Å². The van der Waals surface area contributed by atoms with Crippen LogP contribution in [0.15, 0.2) is 78.2 Å². The zero-order valence-corrected chi connectivity index (χ0v) is 19.4. The third kappa shape index (κ3) is 4.25. The summed E-state index contributed by atoms with van der Waals surface area (Å²) in [5, 5.41) is 0. The maximum atomic E-state index is 13.5. The summed E-state index contributed by atoms with van der Waals surface area (Å²) in [7, 11) is -0.848.